The molecule has 0 saturated heterocycles. The van der Waals surface area contributed by atoms with Crippen molar-refractivity contribution in [2.75, 3.05) is 0 Å². The molecule has 1 saturated carbocycles. The summed E-state index contributed by atoms with van der Waals surface area (Å²) in [6.07, 6.45) is 3.12. The van der Waals surface area contributed by atoms with E-state index in [9.17, 15) is 14.7 Å². The third kappa shape index (κ3) is 3.59. The van der Waals surface area contributed by atoms with Crippen LogP contribution in [0, 0.1) is 18.8 Å². The number of benzene rings is 1. The molecule has 4 nitrogen and oxygen atoms in total. The van der Waals surface area contributed by atoms with Crippen LogP contribution >= 0.6 is 0 Å². The average molecular weight is 275 g/mol. The maximum Gasteiger partial charge on any atom is 0.307 e. The standard InChI is InChI=1S/C16H21NO3/c1-11-6-8-12(9-7-11)10-17-15(18)13-4-2-3-5-14(13)16(19)20/h6-9,13-14H,2-5,10H2,1H3,(H,17,18)(H,19,20)/t13-,14-/m0/s1. The molecule has 0 aliphatic heterocycles. The first kappa shape index (κ1) is 14.6. The molecule has 2 atom stereocenters. The van der Waals surface area contributed by atoms with E-state index in [4.69, 9.17) is 0 Å². The van der Waals surface area contributed by atoms with Crippen molar-refractivity contribution >= 4 is 11.9 Å². The van der Waals surface area contributed by atoms with E-state index < -0.39 is 11.9 Å². The third-order valence-corrected chi connectivity index (χ3v) is 4.01. The summed E-state index contributed by atoms with van der Waals surface area (Å²) in [4.78, 5) is 23.4. The summed E-state index contributed by atoms with van der Waals surface area (Å²) in [6.45, 7) is 2.48. The molecule has 2 N–H and O–H groups in total. The van der Waals surface area contributed by atoms with E-state index in [0.29, 0.717) is 19.4 Å². The average Bonchev–Trinajstić information content (AvgIpc) is 2.46. The zero-order chi connectivity index (χ0) is 14.5. The predicted molar refractivity (Wildman–Crippen MR) is 76.1 cm³/mol. The van der Waals surface area contributed by atoms with Crippen LogP contribution in [0.15, 0.2) is 24.3 Å². The van der Waals surface area contributed by atoms with Gasteiger partial charge in [-0.2, -0.15) is 0 Å². The number of rotatable bonds is 4. The number of carbonyl (C=O) groups excluding carboxylic acids is 1. The van der Waals surface area contributed by atoms with Crippen molar-refractivity contribution in [3.8, 4) is 0 Å². The van der Waals surface area contributed by atoms with Gasteiger partial charge in [0, 0.05) is 6.54 Å². The van der Waals surface area contributed by atoms with Crippen molar-refractivity contribution in [1.29, 1.82) is 0 Å². The maximum atomic E-state index is 12.2. The molecule has 1 aromatic carbocycles. The van der Waals surface area contributed by atoms with Crippen LogP contribution in [-0.2, 0) is 16.1 Å². The first-order valence-electron chi connectivity index (χ1n) is 7.14. The fourth-order valence-corrected chi connectivity index (χ4v) is 2.77. The van der Waals surface area contributed by atoms with Gasteiger partial charge in [-0.15, -0.1) is 0 Å². The Morgan fingerprint density at radius 3 is 2.35 bits per heavy atom. The van der Waals surface area contributed by atoms with Crippen LogP contribution in [0.3, 0.4) is 0 Å². The van der Waals surface area contributed by atoms with Crippen molar-refractivity contribution < 1.29 is 14.7 Å². The van der Waals surface area contributed by atoms with Gasteiger partial charge in [0.05, 0.1) is 11.8 Å². The predicted octanol–water partition coefficient (Wildman–Crippen LogP) is 2.50. The minimum Gasteiger partial charge on any atom is -0.481 e. The Labute approximate surface area is 119 Å². The second-order valence-electron chi connectivity index (χ2n) is 5.54. The van der Waals surface area contributed by atoms with E-state index in [-0.39, 0.29) is 11.8 Å². The third-order valence-electron chi connectivity index (χ3n) is 4.01. The SMILES string of the molecule is Cc1ccc(CNC(=O)[C@H]2CCCC[C@@H]2C(=O)O)cc1. The second kappa shape index (κ2) is 6.55. The molecular formula is C16H21NO3. The molecule has 2 rings (SSSR count). The Morgan fingerprint density at radius 1 is 1.15 bits per heavy atom. The lowest BCUT2D eigenvalue weighted by molar-refractivity contribution is -0.148. The Kier molecular flexibility index (Phi) is 4.77. The number of aliphatic carboxylic acids is 1. The molecule has 0 radical (unpaired) electrons. The molecule has 1 aliphatic rings. The molecule has 0 unspecified atom stereocenters. The first-order chi connectivity index (χ1) is 9.58. The van der Waals surface area contributed by atoms with Gasteiger partial charge in [-0.05, 0) is 25.3 Å². The van der Waals surface area contributed by atoms with Gasteiger partial charge in [-0.25, -0.2) is 0 Å². The molecular weight excluding hydrogens is 254 g/mol. The van der Waals surface area contributed by atoms with Gasteiger partial charge in [-0.1, -0.05) is 42.7 Å². The van der Waals surface area contributed by atoms with Gasteiger partial charge >= 0.3 is 5.97 Å². The molecule has 0 heterocycles. The monoisotopic (exact) mass is 275 g/mol. The summed E-state index contributed by atoms with van der Waals surface area (Å²) in [6, 6.07) is 7.96. The molecule has 108 valence electrons. The van der Waals surface area contributed by atoms with Gasteiger partial charge < -0.3 is 10.4 Å². The quantitative estimate of drug-likeness (QED) is 0.887. The number of carboxylic acid groups (broad SMARTS) is 1. The summed E-state index contributed by atoms with van der Waals surface area (Å²) in [5, 5.41) is 12.1. The summed E-state index contributed by atoms with van der Waals surface area (Å²) in [5.41, 5.74) is 2.21. The topological polar surface area (TPSA) is 66.4 Å². The number of aryl methyl sites for hydroxylation is 1. The van der Waals surface area contributed by atoms with Gasteiger partial charge in [0.15, 0.2) is 0 Å². The van der Waals surface area contributed by atoms with Crippen molar-refractivity contribution in [2.45, 2.75) is 39.2 Å². The fraction of sp³-hybridized carbons (Fsp3) is 0.500. The van der Waals surface area contributed by atoms with Gasteiger partial charge in [0.25, 0.3) is 0 Å². The zero-order valence-corrected chi connectivity index (χ0v) is 11.8. The maximum absolute atomic E-state index is 12.2. The molecule has 1 amide bonds. The van der Waals surface area contributed by atoms with Crippen LogP contribution in [0.25, 0.3) is 0 Å². The van der Waals surface area contributed by atoms with E-state index >= 15 is 0 Å². The van der Waals surface area contributed by atoms with E-state index in [2.05, 4.69) is 5.32 Å². The highest BCUT2D eigenvalue weighted by atomic mass is 16.4. The lowest BCUT2D eigenvalue weighted by Gasteiger charge is -2.27. The summed E-state index contributed by atoms with van der Waals surface area (Å²) < 4.78 is 0. The molecule has 0 bridgehead atoms. The molecule has 4 heteroatoms. The number of amides is 1. The molecule has 20 heavy (non-hydrogen) atoms. The second-order valence-corrected chi connectivity index (χ2v) is 5.54. The lowest BCUT2D eigenvalue weighted by atomic mass is 9.78. The van der Waals surface area contributed by atoms with Crippen molar-refractivity contribution in [3.63, 3.8) is 0 Å². The van der Waals surface area contributed by atoms with E-state index in [1.165, 1.54) is 5.56 Å². The smallest absolute Gasteiger partial charge is 0.307 e. The number of hydrogen-bond donors (Lipinski definition) is 2. The summed E-state index contributed by atoms with van der Waals surface area (Å²) in [7, 11) is 0. The molecule has 1 aromatic rings. The van der Waals surface area contributed by atoms with Crippen LogP contribution in [0.1, 0.15) is 36.8 Å². The molecule has 0 spiro atoms. The highest BCUT2D eigenvalue weighted by molar-refractivity contribution is 5.84. The highest BCUT2D eigenvalue weighted by Gasteiger charge is 2.35. The van der Waals surface area contributed by atoms with Gasteiger partial charge in [0.1, 0.15) is 0 Å². The van der Waals surface area contributed by atoms with Gasteiger partial charge in [0.2, 0.25) is 5.91 Å². The van der Waals surface area contributed by atoms with Crippen LogP contribution in [0.5, 0.6) is 0 Å². The van der Waals surface area contributed by atoms with Crippen molar-refractivity contribution in [3.05, 3.63) is 35.4 Å². The number of hydrogen-bond acceptors (Lipinski definition) is 2. The van der Waals surface area contributed by atoms with Gasteiger partial charge in [-0.3, -0.25) is 9.59 Å². The molecule has 0 aromatic heterocycles. The summed E-state index contributed by atoms with van der Waals surface area (Å²) in [5.74, 6) is -1.88. The lowest BCUT2D eigenvalue weighted by Crippen LogP contribution is -2.39. The normalized spacial score (nSPS) is 22.2. The largest absolute Gasteiger partial charge is 0.481 e. The minimum absolute atomic E-state index is 0.127. The molecule has 1 aliphatic carbocycles. The summed E-state index contributed by atoms with van der Waals surface area (Å²) >= 11 is 0. The van der Waals surface area contributed by atoms with E-state index in [1.807, 2.05) is 31.2 Å². The van der Waals surface area contributed by atoms with Crippen LogP contribution in [-0.4, -0.2) is 17.0 Å². The minimum atomic E-state index is -0.847. The first-order valence-corrected chi connectivity index (χ1v) is 7.14. The van der Waals surface area contributed by atoms with Crippen molar-refractivity contribution in [1.82, 2.24) is 5.32 Å². The fourth-order valence-electron chi connectivity index (χ4n) is 2.77. The Bertz CT molecular complexity index is 481. The Balaban J connectivity index is 1.93. The highest BCUT2D eigenvalue weighted by Crippen LogP contribution is 2.30. The number of carboxylic acids is 1. The van der Waals surface area contributed by atoms with Crippen LogP contribution in [0.4, 0.5) is 0 Å². The van der Waals surface area contributed by atoms with E-state index in [1.54, 1.807) is 0 Å². The number of carbonyl (C=O) groups is 2. The Hall–Kier alpha value is -1.84. The zero-order valence-electron chi connectivity index (χ0n) is 11.8. The van der Waals surface area contributed by atoms with Crippen molar-refractivity contribution in [2.24, 2.45) is 11.8 Å². The Morgan fingerprint density at radius 2 is 1.75 bits per heavy atom. The van der Waals surface area contributed by atoms with E-state index in [0.717, 1.165) is 18.4 Å². The number of nitrogens with one attached hydrogen (secondary N) is 1. The van der Waals surface area contributed by atoms with Crippen LogP contribution in [0.2, 0.25) is 0 Å². The van der Waals surface area contributed by atoms with Crippen LogP contribution < -0.4 is 5.32 Å². The molecule has 1 fully saturated rings.